The number of nitrogens with zero attached hydrogens (tertiary/aromatic N) is 3. The van der Waals surface area contributed by atoms with Crippen molar-refractivity contribution in [1.29, 1.82) is 5.26 Å². The normalized spacial score (nSPS) is 9.43. The summed E-state index contributed by atoms with van der Waals surface area (Å²) in [7, 11) is 0. The fourth-order valence-electron chi connectivity index (χ4n) is 0.864. The predicted molar refractivity (Wildman–Crippen MR) is 50.8 cm³/mol. The van der Waals surface area contributed by atoms with Gasteiger partial charge in [-0.05, 0) is 12.6 Å². The highest BCUT2D eigenvalue weighted by Crippen LogP contribution is 2.00. The molecular formula is C9H12N4O. The van der Waals surface area contributed by atoms with Gasteiger partial charge in [-0.15, -0.1) is 0 Å². The van der Waals surface area contributed by atoms with Crippen LogP contribution >= 0.6 is 0 Å². The second kappa shape index (κ2) is 5.89. The van der Waals surface area contributed by atoms with Gasteiger partial charge in [0.1, 0.15) is 18.4 Å². The Morgan fingerprint density at radius 3 is 3.21 bits per heavy atom. The molecule has 5 heteroatoms. The van der Waals surface area contributed by atoms with E-state index in [0.717, 1.165) is 13.1 Å². The minimum absolute atomic E-state index is 0.252. The Morgan fingerprint density at radius 1 is 1.64 bits per heavy atom. The lowest BCUT2D eigenvalue weighted by atomic mass is 10.4. The van der Waals surface area contributed by atoms with E-state index < -0.39 is 0 Å². The van der Waals surface area contributed by atoms with Crippen LogP contribution in [0.3, 0.4) is 0 Å². The summed E-state index contributed by atoms with van der Waals surface area (Å²) in [6.45, 7) is 4.18. The lowest BCUT2D eigenvalue weighted by molar-refractivity contribution is 0.291. The lowest BCUT2D eigenvalue weighted by Crippen LogP contribution is -2.20. The third-order valence-corrected chi connectivity index (χ3v) is 1.51. The van der Waals surface area contributed by atoms with Gasteiger partial charge in [0.25, 0.3) is 0 Å². The highest BCUT2D eigenvalue weighted by molar-refractivity contribution is 5.19. The van der Waals surface area contributed by atoms with Crippen LogP contribution in [-0.4, -0.2) is 29.7 Å². The number of likely N-dealkylation sites (N-methyl/N-ethyl adjacent to an activating group) is 1. The van der Waals surface area contributed by atoms with Crippen LogP contribution in [0.15, 0.2) is 12.3 Å². The molecular weight excluding hydrogens is 180 g/mol. The first-order valence-electron chi connectivity index (χ1n) is 4.43. The van der Waals surface area contributed by atoms with Crippen LogP contribution in [0.5, 0.6) is 6.01 Å². The quantitative estimate of drug-likeness (QED) is 0.681. The smallest absolute Gasteiger partial charge is 0.317 e. The van der Waals surface area contributed by atoms with Gasteiger partial charge in [-0.2, -0.15) is 10.2 Å². The fourth-order valence-corrected chi connectivity index (χ4v) is 0.864. The van der Waals surface area contributed by atoms with Crippen molar-refractivity contribution >= 4 is 0 Å². The van der Waals surface area contributed by atoms with E-state index >= 15 is 0 Å². The van der Waals surface area contributed by atoms with Gasteiger partial charge >= 0.3 is 6.01 Å². The molecule has 1 rings (SSSR count). The maximum atomic E-state index is 8.56. The van der Waals surface area contributed by atoms with E-state index in [-0.39, 0.29) is 6.01 Å². The summed E-state index contributed by atoms with van der Waals surface area (Å²) in [5.41, 5.74) is 0.318. The van der Waals surface area contributed by atoms with Crippen molar-refractivity contribution in [3.63, 3.8) is 0 Å². The van der Waals surface area contributed by atoms with Crippen molar-refractivity contribution in [1.82, 2.24) is 15.3 Å². The molecule has 0 aliphatic rings. The minimum Gasteiger partial charge on any atom is -0.462 e. The maximum absolute atomic E-state index is 8.56. The van der Waals surface area contributed by atoms with Gasteiger partial charge in [0.15, 0.2) is 0 Å². The van der Waals surface area contributed by atoms with Crippen LogP contribution in [-0.2, 0) is 0 Å². The third-order valence-electron chi connectivity index (χ3n) is 1.51. The molecule has 1 aromatic rings. The van der Waals surface area contributed by atoms with Crippen LogP contribution in [0.1, 0.15) is 12.6 Å². The summed E-state index contributed by atoms with van der Waals surface area (Å²) in [6, 6.07) is 3.71. The molecule has 14 heavy (non-hydrogen) atoms. The predicted octanol–water partition coefficient (Wildman–Crippen LogP) is 0.337. The molecule has 0 saturated heterocycles. The first kappa shape index (κ1) is 10.4. The van der Waals surface area contributed by atoms with Crippen LogP contribution in [0, 0.1) is 11.3 Å². The summed E-state index contributed by atoms with van der Waals surface area (Å²) in [5, 5.41) is 11.7. The molecule has 1 N–H and O–H groups in total. The third kappa shape index (κ3) is 3.37. The summed E-state index contributed by atoms with van der Waals surface area (Å²) < 4.78 is 5.21. The van der Waals surface area contributed by atoms with Crippen LogP contribution in [0.2, 0.25) is 0 Å². The zero-order valence-corrected chi connectivity index (χ0v) is 8.03. The molecule has 0 aromatic carbocycles. The first-order chi connectivity index (χ1) is 6.86. The Hall–Kier alpha value is -1.67. The Bertz CT molecular complexity index is 321. The van der Waals surface area contributed by atoms with Crippen LogP contribution < -0.4 is 10.1 Å². The van der Waals surface area contributed by atoms with E-state index in [9.17, 15) is 0 Å². The minimum atomic E-state index is 0.252. The largest absolute Gasteiger partial charge is 0.462 e. The summed E-state index contributed by atoms with van der Waals surface area (Å²) in [5.74, 6) is 0. The van der Waals surface area contributed by atoms with Gasteiger partial charge < -0.3 is 10.1 Å². The Balaban J connectivity index is 2.39. The van der Waals surface area contributed by atoms with Crippen molar-refractivity contribution in [2.24, 2.45) is 0 Å². The highest BCUT2D eigenvalue weighted by Gasteiger charge is 1.98. The van der Waals surface area contributed by atoms with Gasteiger partial charge in [-0.1, -0.05) is 6.92 Å². The standard InChI is InChI=1S/C9H12N4O/c1-2-11-5-6-14-9-12-4-3-8(7-10)13-9/h3-4,11H,2,5-6H2,1H3. The Kier molecular flexibility index (Phi) is 4.38. The molecule has 0 bridgehead atoms. The molecule has 0 amide bonds. The first-order valence-corrected chi connectivity index (χ1v) is 4.43. The summed E-state index contributed by atoms with van der Waals surface area (Å²) in [4.78, 5) is 7.74. The molecule has 0 radical (unpaired) electrons. The number of hydrogen-bond acceptors (Lipinski definition) is 5. The molecule has 1 aromatic heterocycles. The number of nitrogens with one attached hydrogen (secondary N) is 1. The van der Waals surface area contributed by atoms with Gasteiger partial charge in [0.05, 0.1) is 0 Å². The molecule has 74 valence electrons. The lowest BCUT2D eigenvalue weighted by Gasteiger charge is -2.03. The van der Waals surface area contributed by atoms with E-state index in [1.165, 1.54) is 12.3 Å². The fraction of sp³-hybridized carbons (Fsp3) is 0.444. The summed E-state index contributed by atoms with van der Waals surface area (Å²) >= 11 is 0. The summed E-state index contributed by atoms with van der Waals surface area (Å²) in [6.07, 6.45) is 1.51. The maximum Gasteiger partial charge on any atom is 0.317 e. The van der Waals surface area contributed by atoms with Gasteiger partial charge in [0, 0.05) is 12.7 Å². The topological polar surface area (TPSA) is 70.8 Å². The van der Waals surface area contributed by atoms with E-state index in [1.54, 1.807) is 0 Å². The average molecular weight is 192 g/mol. The molecule has 0 aliphatic carbocycles. The number of hydrogen-bond donors (Lipinski definition) is 1. The molecule has 5 nitrogen and oxygen atoms in total. The van der Waals surface area contributed by atoms with Gasteiger partial charge in [-0.25, -0.2) is 4.98 Å². The number of nitriles is 1. The van der Waals surface area contributed by atoms with Gasteiger partial charge in [0.2, 0.25) is 0 Å². The molecule has 0 fully saturated rings. The zero-order valence-electron chi connectivity index (χ0n) is 8.03. The van der Waals surface area contributed by atoms with Crippen LogP contribution in [0.4, 0.5) is 0 Å². The van der Waals surface area contributed by atoms with Crippen molar-refractivity contribution in [2.75, 3.05) is 19.7 Å². The molecule has 0 atom stereocenters. The van der Waals surface area contributed by atoms with Crippen molar-refractivity contribution < 1.29 is 4.74 Å². The number of ether oxygens (including phenoxy) is 1. The molecule has 0 aliphatic heterocycles. The Labute approximate surface area is 82.8 Å². The molecule has 1 heterocycles. The van der Waals surface area contributed by atoms with E-state index in [1.807, 2.05) is 13.0 Å². The van der Waals surface area contributed by atoms with Crippen LogP contribution in [0.25, 0.3) is 0 Å². The van der Waals surface area contributed by atoms with Crippen molar-refractivity contribution in [3.05, 3.63) is 18.0 Å². The molecule has 0 unspecified atom stereocenters. The number of aromatic nitrogens is 2. The van der Waals surface area contributed by atoms with E-state index in [2.05, 4.69) is 15.3 Å². The second-order valence-corrected chi connectivity index (χ2v) is 2.54. The number of rotatable bonds is 5. The van der Waals surface area contributed by atoms with Gasteiger partial charge in [-0.3, -0.25) is 0 Å². The highest BCUT2D eigenvalue weighted by atomic mass is 16.5. The average Bonchev–Trinajstić information content (AvgIpc) is 2.25. The second-order valence-electron chi connectivity index (χ2n) is 2.54. The molecule has 0 saturated carbocycles. The monoisotopic (exact) mass is 192 g/mol. The van der Waals surface area contributed by atoms with Crippen molar-refractivity contribution in [3.8, 4) is 12.1 Å². The SMILES string of the molecule is CCNCCOc1nccc(C#N)n1. The molecule has 0 spiro atoms. The van der Waals surface area contributed by atoms with E-state index in [4.69, 9.17) is 10.00 Å². The zero-order chi connectivity index (χ0) is 10.2. The van der Waals surface area contributed by atoms with Crippen molar-refractivity contribution in [2.45, 2.75) is 6.92 Å². The Morgan fingerprint density at radius 2 is 2.50 bits per heavy atom. The van der Waals surface area contributed by atoms with E-state index in [0.29, 0.717) is 12.3 Å².